The van der Waals surface area contributed by atoms with Gasteiger partial charge in [0.1, 0.15) is 11.9 Å². The molecule has 0 amide bonds. The van der Waals surface area contributed by atoms with Crippen LogP contribution in [0.2, 0.25) is 0 Å². The average Bonchev–Trinajstić information content (AvgIpc) is 2.54. The molecule has 0 aliphatic heterocycles. The molecule has 0 bridgehead atoms. The minimum absolute atomic E-state index is 0.169. The lowest BCUT2D eigenvalue weighted by molar-refractivity contribution is 0.0697. The summed E-state index contributed by atoms with van der Waals surface area (Å²) in [4.78, 5) is 15.4. The third kappa shape index (κ3) is 3.16. The summed E-state index contributed by atoms with van der Waals surface area (Å²) in [6, 6.07) is 16.4. The van der Waals surface area contributed by atoms with Crippen LogP contribution in [0.5, 0.6) is 5.75 Å². The molecule has 3 aromatic rings. The lowest BCUT2D eigenvalue weighted by Gasteiger charge is -2.17. The van der Waals surface area contributed by atoms with Gasteiger partial charge < -0.3 is 9.84 Å². The molecule has 0 radical (unpaired) electrons. The van der Waals surface area contributed by atoms with Crippen LogP contribution >= 0.6 is 0 Å². The molecule has 2 aromatic carbocycles. The summed E-state index contributed by atoms with van der Waals surface area (Å²) >= 11 is 0. The highest BCUT2D eigenvalue weighted by molar-refractivity contribution is 5.87. The average molecular weight is 307 g/mol. The molecule has 0 spiro atoms. The Balaban J connectivity index is 1.91. The Morgan fingerprint density at radius 3 is 2.52 bits per heavy atom. The fraction of sp³-hybridized carbons (Fsp3) is 0.158. The number of nitrogens with zero attached hydrogens (tertiary/aromatic N) is 1. The van der Waals surface area contributed by atoms with E-state index in [1.807, 2.05) is 44.2 Å². The van der Waals surface area contributed by atoms with Gasteiger partial charge in [-0.05, 0) is 50.2 Å². The van der Waals surface area contributed by atoms with Gasteiger partial charge in [0.05, 0.1) is 11.1 Å². The van der Waals surface area contributed by atoms with E-state index in [0.29, 0.717) is 5.75 Å². The maximum Gasteiger partial charge on any atom is 0.335 e. The van der Waals surface area contributed by atoms with E-state index in [0.717, 1.165) is 22.2 Å². The van der Waals surface area contributed by atoms with Crippen LogP contribution in [0.25, 0.3) is 10.9 Å². The molecule has 3 rings (SSSR count). The second-order valence-corrected chi connectivity index (χ2v) is 5.46. The first-order chi connectivity index (χ1) is 11.0. The number of pyridine rings is 1. The van der Waals surface area contributed by atoms with E-state index in [9.17, 15) is 4.79 Å². The molecular formula is C19H17NO3. The second kappa shape index (κ2) is 6.08. The topological polar surface area (TPSA) is 59.4 Å². The summed E-state index contributed by atoms with van der Waals surface area (Å²) in [7, 11) is 0. The van der Waals surface area contributed by atoms with Gasteiger partial charge in [-0.2, -0.15) is 0 Å². The van der Waals surface area contributed by atoms with Crippen molar-refractivity contribution in [2.24, 2.45) is 0 Å². The maximum atomic E-state index is 10.9. The van der Waals surface area contributed by atoms with Crippen LogP contribution in [0.15, 0.2) is 54.6 Å². The van der Waals surface area contributed by atoms with Gasteiger partial charge in [0.2, 0.25) is 0 Å². The maximum absolute atomic E-state index is 10.9. The number of carboxylic acids is 1. The predicted molar refractivity (Wildman–Crippen MR) is 88.9 cm³/mol. The normalized spacial score (nSPS) is 12.1. The predicted octanol–water partition coefficient (Wildman–Crippen LogP) is 4.38. The number of rotatable bonds is 4. The molecule has 1 N–H and O–H groups in total. The van der Waals surface area contributed by atoms with Crippen molar-refractivity contribution in [1.82, 2.24) is 4.98 Å². The van der Waals surface area contributed by atoms with Crippen LogP contribution in [0, 0.1) is 6.92 Å². The Morgan fingerprint density at radius 1 is 1.13 bits per heavy atom. The van der Waals surface area contributed by atoms with Gasteiger partial charge in [-0.3, -0.25) is 4.98 Å². The van der Waals surface area contributed by atoms with E-state index in [4.69, 9.17) is 9.84 Å². The summed E-state index contributed by atoms with van der Waals surface area (Å²) in [5.74, 6) is -0.304. The Labute approximate surface area is 134 Å². The fourth-order valence-corrected chi connectivity index (χ4v) is 2.62. The van der Waals surface area contributed by atoms with Gasteiger partial charge in [-0.1, -0.05) is 18.2 Å². The van der Waals surface area contributed by atoms with Crippen molar-refractivity contribution in [1.29, 1.82) is 0 Å². The highest BCUT2D eigenvalue weighted by Crippen LogP contribution is 2.28. The number of aromatic carboxylic acids is 1. The Morgan fingerprint density at radius 2 is 1.83 bits per heavy atom. The van der Waals surface area contributed by atoms with Gasteiger partial charge in [-0.25, -0.2) is 4.79 Å². The van der Waals surface area contributed by atoms with Crippen molar-refractivity contribution in [2.75, 3.05) is 0 Å². The molecule has 0 saturated carbocycles. The molecule has 1 heterocycles. The number of carboxylic acid groups (broad SMARTS) is 1. The van der Waals surface area contributed by atoms with Gasteiger partial charge in [-0.15, -0.1) is 0 Å². The monoisotopic (exact) mass is 307 g/mol. The molecule has 0 aliphatic carbocycles. The minimum Gasteiger partial charge on any atom is -0.486 e. The number of para-hydroxylation sites is 1. The number of aromatic nitrogens is 1. The highest BCUT2D eigenvalue weighted by Gasteiger charge is 2.13. The molecule has 0 aliphatic rings. The summed E-state index contributed by atoms with van der Waals surface area (Å²) < 4.78 is 5.98. The van der Waals surface area contributed by atoms with E-state index in [2.05, 4.69) is 4.98 Å². The summed E-state index contributed by atoms with van der Waals surface area (Å²) in [6.45, 7) is 3.94. The lowest BCUT2D eigenvalue weighted by atomic mass is 10.0. The molecule has 1 unspecified atom stereocenters. The third-order valence-corrected chi connectivity index (χ3v) is 3.73. The first-order valence-corrected chi connectivity index (χ1v) is 7.41. The zero-order valence-corrected chi connectivity index (χ0v) is 13.0. The molecule has 0 saturated heterocycles. The number of hydrogen-bond donors (Lipinski definition) is 1. The minimum atomic E-state index is -0.944. The van der Waals surface area contributed by atoms with E-state index < -0.39 is 5.97 Å². The van der Waals surface area contributed by atoms with Gasteiger partial charge in [0, 0.05) is 16.6 Å². The first kappa shape index (κ1) is 15.0. The molecule has 1 atom stereocenters. The molecule has 4 nitrogen and oxygen atoms in total. The van der Waals surface area contributed by atoms with E-state index in [1.54, 1.807) is 24.3 Å². The van der Waals surface area contributed by atoms with Gasteiger partial charge >= 0.3 is 5.97 Å². The Bertz CT molecular complexity index is 856. The van der Waals surface area contributed by atoms with Crippen molar-refractivity contribution in [3.8, 4) is 5.75 Å². The van der Waals surface area contributed by atoms with Crippen LogP contribution in [0.3, 0.4) is 0 Å². The molecule has 4 heteroatoms. The molecule has 116 valence electrons. The zero-order chi connectivity index (χ0) is 16.4. The molecule has 23 heavy (non-hydrogen) atoms. The van der Waals surface area contributed by atoms with Gasteiger partial charge in [0.25, 0.3) is 0 Å². The van der Waals surface area contributed by atoms with E-state index in [1.165, 1.54) is 0 Å². The summed E-state index contributed by atoms with van der Waals surface area (Å²) in [5.41, 5.74) is 3.19. The van der Waals surface area contributed by atoms with Crippen LogP contribution in [0.4, 0.5) is 0 Å². The second-order valence-electron chi connectivity index (χ2n) is 5.46. The molecule has 0 fully saturated rings. The van der Waals surface area contributed by atoms with E-state index >= 15 is 0 Å². The Hall–Kier alpha value is -2.88. The standard InChI is InChI=1S/C19H17NO3/c1-12-11-17(16-5-3-4-6-18(16)20-12)13(2)23-15-9-7-14(8-10-15)19(21)22/h3-11,13H,1-2H3,(H,21,22). The quantitative estimate of drug-likeness (QED) is 0.777. The fourth-order valence-electron chi connectivity index (χ4n) is 2.62. The largest absolute Gasteiger partial charge is 0.486 e. The first-order valence-electron chi connectivity index (χ1n) is 7.41. The van der Waals surface area contributed by atoms with E-state index in [-0.39, 0.29) is 11.7 Å². The van der Waals surface area contributed by atoms with Crippen LogP contribution in [-0.4, -0.2) is 16.1 Å². The number of aryl methyl sites for hydroxylation is 1. The van der Waals surface area contributed by atoms with Crippen molar-refractivity contribution < 1.29 is 14.6 Å². The van der Waals surface area contributed by atoms with Crippen LogP contribution < -0.4 is 4.74 Å². The number of ether oxygens (including phenoxy) is 1. The van der Waals surface area contributed by atoms with Crippen molar-refractivity contribution >= 4 is 16.9 Å². The SMILES string of the molecule is Cc1cc(C(C)Oc2ccc(C(=O)O)cc2)c2ccccc2n1. The third-order valence-electron chi connectivity index (χ3n) is 3.73. The smallest absolute Gasteiger partial charge is 0.335 e. The lowest BCUT2D eigenvalue weighted by Crippen LogP contribution is -2.05. The number of benzene rings is 2. The van der Waals surface area contributed by atoms with Crippen LogP contribution in [0.1, 0.15) is 34.6 Å². The van der Waals surface area contributed by atoms with Crippen LogP contribution in [-0.2, 0) is 0 Å². The highest BCUT2D eigenvalue weighted by atomic mass is 16.5. The molecular weight excluding hydrogens is 290 g/mol. The summed E-state index contributed by atoms with van der Waals surface area (Å²) in [6.07, 6.45) is -0.169. The summed E-state index contributed by atoms with van der Waals surface area (Å²) in [5, 5.41) is 10.00. The number of carbonyl (C=O) groups is 1. The van der Waals surface area contributed by atoms with Crippen molar-refractivity contribution in [3.05, 3.63) is 71.4 Å². The number of hydrogen-bond acceptors (Lipinski definition) is 3. The Kier molecular flexibility index (Phi) is 3.98. The molecule has 1 aromatic heterocycles. The van der Waals surface area contributed by atoms with Gasteiger partial charge in [0.15, 0.2) is 0 Å². The number of fused-ring (bicyclic) bond motifs is 1. The van der Waals surface area contributed by atoms with Crippen molar-refractivity contribution in [2.45, 2.75) is 20.0 Å². The van der Waals surface area contributed by atoms with Crippen molar-refractivity contribution in [3.63, 3.8) is 0 Å². The zero-order valence-electron chi connectivity index (χ0n) is 13.0.